The highest BCUT2D eigenvalue weighted by Crippen LogP contribution is 2.34. The Balaban J connectivity index is 1.50. The normalized spacial score (nSPS) is 15.0. The van der Waals surface area contributed by atoms with Crippen molar-refractivity contribution in [1.82, 2.24) is 14.9 Å². The van der Waals surface area contributed by atoms with Crippen LogP contribution in [-0.4, -0.2) is 53.9 Å². The Morgan fingerprint density at radius 2 is 1.89 bits per heavy atom. The number of nitrogens with one attached hydrogen (secondary N) is 1. The molecule has 3 aromatic rings. The van der Waals surface area contributed by atoms with Crippen molar-refractivity contribution in [2.75, 3.05) is 27.3 Å². The topological polar surface area (TPSA) is 84.5 Å². The summed E-state index contributed by atoms with van der Waals surface area (Å²) in [7, 11) is 3.19. The second-order valence-electron chi connectivity index (χ2n) is 6.71. The molecule has 3 heterocycles. The number of carbonyl (C=O) groups is 2. The summed E-state index contributed by atoms with van der Waals surface area (Å²) in [5, 5.41) is 3.17. The van der Waals surface area contributed by atoms with Crippen molar-refractivity contribution in [3.05, 3.63) is 40.5 Å². The average molecular weight is 399 g/mol. The quantitative estimate of drug-likeness (QED) is 0.665. The van der Waals surface area contributed by atoms with Gasteiger partial charge in [0, 0.05) is 36.0 Å². The Labute approximate surface area is 166 Å². The molecule has 0 radical (unpaired) electrons. The minimum Gasteiger partial charge on any atom is -0.496 e. The van der Waals surface area contributed by atoms with Crippen LogP contribution in [0.1, 0.15) is 33.1 Å². The van der Waals surface area contributed by atoms with Crippen LogP contribution in [-0.2, 0) is 0 Å². The van der Waals surface area contributed by atoms with Crippen LogP contribution in [0.4, 0.5) is 0 Å². The van der Waals surface area contributed by atoms with Gasteiger partial charge in [-0.15, -0.1) is 11.3 Å². The van der Waals surface area contributed by atoms with E-state index in [4.69, 9.17) is 9.47 Å². The maximum absolute atomic E-state index is 13.0. The number of hydrogen-bond donors (Lipinski definition) is 1. The number of H-pyrrole nitrogens is 1. The molecular weight excluding hydrogens is 378 g/mol. The molecule has 146 valence electrons. The maximum Gasteiger partial charge on any atom is 0.270 e. The Hall–Kier alpha value is -2.87. The van der Waals surface area contributed by atoms with Gasteiger partial charge in [-0.1, -0.05) is 0 Å². The molecule has 0 unspecified atom stereocenters. The molecule has 1 aliphatic rings. The molecule has 1 N–H and O–H groups in total. The standard InChI is InChI=1S/C20H21N3O4S/c1-26-15-3-4-16(27-2)17-13(15)11-14(22-17)20(25)23-8-5-12(6-9-23)18(24)19-21-7-10-28-19/h3-4,7,10-12,22H,5-6,8-9H2,1-2H3. The number of ether oxygens (including phenoxy) is 2. The molecule has 2 aromatic heterocycles. The summed E-state index contributed by atoms with van der Waals surface area (Å²) < 4.78 is 10.8. The predicted octanol–water partition coefficient (Wildman–Crippen LogP) is 3.38. The Bertz CT molecular complexity index is 963. The van der Waals surface area contributed by atoms with E-state index in [2.05, 4.69) is 9.97 Å². The van der Waals surface area contributed by atoms with Crippen LogP contribution in [0.2, 0.25) is 0 Å². The van der Waals surface area contributed by atoms with E-state index >= 15 is 0 Å². The first kappa shape index (κ1) is 18.5. The Kier molecular flexibility index (Phi) is 5.04. The minimum absolute atomic E-state index is 0.0712. The van der Waals surface area contributed by atoms with Gasteiger partial charge in [-0.25, -0.2) is 4.98 Å². The number of fused-ring (bicyclic) bond motifs is 1. The van der Waals surface area contributed by atoms with Crippen LogP contribution in [0.3, 0.4) is 0 Å². The molecule has 1 aromatic carbocycles. The molecule has 4 rings (SSSR count). The van der Waals surface area contributed by atoms with Gasteiger partial charge in [0.1, 0.15) is 17.2 Å². The molecule has 0 aliphatic carbocycles. The van der Waals surface area contributed by atoms with Gasteiger partial charge < -0.3 is 19.4 Å². The number of methoxy groups -OCH3 is 2. The Morgan fingerprint density at radius 3 is 2.54 bits per heavy atom. The maximum atomic E-state index is 13.0. The van der Waals surface area contributed by atoms with E-state index in [1.807, 2.05) is 17.5 Å². The zero-order valence-electron chi connectivity index (χ0n) is 15.7. The molecule has 0 atom stereocenters. The summed E-state index contributed by atoms with van der Waals surface area (Å²) >= 11 is 1.37. The van der Waals surface area contributed by atoms with Crippen LogP contribution in [0.15, 0.2) is 29.8 Å². The third kappa shape index (κ3) is 3.24. The third-order valence-corrected chi connectivity index (χ3v) is 5.97. The number of likely N-dealkylation sites (tertiary alicyclic amines) is 1. The van der Waals surface area contributed by atoms with E-state index in [0.717, 1.165) is 10.9 Å². The summed E-state index contributed by atoms with van der Waals surface area (Å²) in [6.07, 6.45) is 2.95. The minimum atomic E-state index is -0.0829. The first-order chi connectivity index (χ1) is 13.6. The zero-order chi connectivity index (χ0) is 19.7. The number of nitrogens with zero attached hydrogens (tertiary/aromatic N) is 2. The van der Waals surface area contributed by atoms with Crippen molar-refractivity contribution in [3.63, 3.8) is 0 Å². The van der Waals surface area contributed by atoms with E-state index < -0.39 is 0 Å². The molecule has 1 aliphatic heterocycles. The number of piperidine rings is 1. The van der Waals surface area contributed by atoms with Gasteiger partial charge in [0.25, 0.3) is 5.91 Å². The van der Waals surface area contributed by atoms with Gasteiger partial charge in [0.05, 0.1) is 19.7 Å². The fourth-order valence-corrected chi connectivity index (χ4v) is 4.32. The second kappa shape index (κ2) is 7.63. The van der Waals surface area contributed by atoms with E-state index in [9.17, 15) is 9.59 Å². The highest BCUT2D eigenvalue weighted by Gasteiger charge is 2.30. The smallest absolute Gasteiger partial charge is 0.270 e. The van der Waals surface area contributed by atoms with Gasteiger partial charge in [0.15, 0.2) is 10.8 Å². The van der Waals surface area contributed by atoms with E-state index in [1.54, 1.807) is 31.4 Å². The lowest BCUT2D eigenvalue weighted by molar-refractivity contribution is 0.0646. The molecule has 28 heavy (non-hydrogen) atoms. The SMILES string of the molecule is COc1ccc(OC)c2[nH]c(C(=O)N3CCC(C(=O)c4nccs4)CC3)cc12. The molecule has 1 fully saturated rings. The van der Waals surface area contributed by atoms with Crippen LogP contribution in [0.5, 0.6) is 11.5 Å². The first-order valence-electron chi connectivity index (χ1n) is 9.09. The molecule has 1 saturated heterocycles. The van der Waals surface area contributed by atoms with Crippen molar-refractivity contribution in [2.45, 2.75) is 12.8 Å². The predicted molar refractivity (Wildman–Crippen MR) is 106 cm³/mol. The lowest BCUT2D eigenvalue weighted by Gasteiger charge is -2.30. The van der Waals surface area contributed by atoms with Crippen LogP contribution >= 0.6 is 11.3 Å². The van der Waals surface area contributed by atoms with Crippen molar-refractivity contribution < 1.29 is 19.1 Å². The molecular formula is C20H21N3O4S. The lowest BCUT2D eigenvalue weighted by atomic mass is 9.92. The summed E-state index contributed by atoms with van der Waals surface area (Å²) in [6.45, 7) is 1.09. The number of aromatic amines is 1. The van der Waals surface area contributed by atoms with Crippen LogP contribution in [0, 0.1) is 5.92 Å². The average Bonchev–Trinajstić information content (AvgIpc) is 3.42. The number of amides is 1. The van der Waals surface area contributed by atoms with Crippen molar-refractivity contribution in [2.24, 2.45) is 5.92 Å². The highest BCUT2D eigenvalue weighted by molar-refractivity contribution is 7.11. The molecule has 0 spiro atoms. The Morgan fingerprint density at radius 1 is 1.18 bits per heavy atom. The zero-order valence-corrected chi connectivity index (χ0v) is 16.5. The summed E-state index contributed by atoms with van der Waals surface area (Å²) in [4.78, 5) is 34.5. The second-order valence-corrected chi connectivity index (χ2v) is 7.60. The largest absolute Gasteiger partial charge is 0.496 e. The van der Waals surface area contributed by atoms with Crippen molar-refractivity contribution >= 4 is 33.9 Å². The van der Waals surface area contributed by atoms with E-state index in [0.29, 0.717) is 48.1 Å². The van der Waals surface area contributed by atoms with Crippen molar-refractivity contribution in [1.29, 1.82) is 0 Å². The highest BCUT2D eigenvalue weighted by atomic mass is 32.1. The fraction of sp³-hybridized carbons (Fsp3) is 0.350. The molecule has 0 bridgehead atoms. The number of ketones is 1. The number of carbonyl (C=O) groups excluding carboxylic acids is 2. The van der Waals surface area contributed by atoms with Crippen molar-refractivity contribution in [3.8, 4) is 11.5 Å². The number of hydrogen-bond acceptors (Lipinski definition) is 6. The van der Waals surface area contributed by atoms with Gasteiger partial charge in [0.2, 0.25) is 0 Å². The number of aromatic nitrogens is 2. The monoisotopic (exact) mass is 399 g/mol. The first-order valence-corrected chi connectivity index (χ1v) is 9.97. The van der Waals surface area contributed by atoms with Gasteiger partial charge in [-0.05, 0) is 31.0 Å². The van der Waals surface area contributed by atoms with Crippen LogP contribution < -0.4 is 9.47 Å². The number of thiazole rings is 1. The summed E-state index contributed by atoms with van der Waals surface area (Å²) in [5.74, 6) is 1.27. The van der Waals surface area contributed by atoms with Gasteiger partial charge in [-0.3, -0.25) is 9.59 Å². The molecule has 0 saturated carbocycles. The van der Waals surface area contributed by atoms with E-state index in [-0.39, 0.29) is 17.6 Å². The van der Waals surface area contributed by atoms with Crippen LogP contribution in [0.25, 0.3) is 10.9 Å². The third-order valence-electron chi connectivity index (χ3n) is 5.18. The summed E-state index contributed by atoms with van der Waals surface area (Å²) in [6, 6.07) is 5.42. The van der Waals surface area contributed by atoms with E-state index in [1.165, 1.54) is 11.3 Å². The molecule has 8 heteroatoms. The fourth-order valence-electron chi connectivity index (χ4n) is 3.67. The summed E-state index contributed by atoms with van der Waals surface area (Å²) in [5.41, 5.74) is 1.22. The van der Waals surface area contributed by atoms with Gasteiger partial charge in [-0.2, -0.15) is 0 Å². The number of rotatable bonds is 5. The molecule has 7 nitrogen and oxygen atoms in total. The lowest BCUT2D eigenvalue weighted by Crippen LogP contribution is -2.40. The molecule has 1 amide bonds. The number of benzene rings is 1. The number of Topliss-reactive ketones (excluding diaryl/α,β-unsaturated/α-hetero) is 1. The van der Waals surface area contributed by atoms with Gasteiger partial charge >= 0.3 is 0 Å².